The molecule has 2 aliphatic heterocycles. The van der Waals surface area contributed by atoms with Gasteiger partial charge in [0, 0.05) is 16.5 Å². The van der Waals surface area contributed by atoms with Crippen molar-refractivity contribution in [3.8, 4) is 17.1 Å². The van der Waals surface area contributed by atoms with E-state index >= 15 is 0 Å². The summed E-state index contributed by atoms with van der Waals surface area (Å²) in [7, 11) is -1.75. The average molecular weight is 491 g/mol. The summed E-state index contributed by atoms with van der Waals surface area (Å²) in [5.41, 5.74) is 1.88. The van der Waals surface area contributed by atoms with Gasteiger partial charge in [-0.1, -0.05) is 19.9 Å². The van der Waals surface area contributed by atoms with Gasteiger partial charge in [0.15, 0.2) is 0 Å². The number of cyclic esters (lactones) is 1. The summed E-state index contributed by atoms with van der Waals surface area (Å²) in [5.74, 6) is -0.0767. The summed E-state index contributed by atoms with van der Waals surface area (Å²) in [6, 6.07) is 7.49. The minimum atomic E-state index is -3.37. The topological polar surface area (TPSA) is 120 Å². The van der Waals surface area contributed by atoms with Gasteiger partial charge in [-0.2, -0.15) is 0 Å². The molecule has 0 bridgehead atoms. The van der Waals surface area contributed by atoms with Gasteiger partial charge in [0.1, 0.15) is 12.4 Å². The van der Waals surface area contributed by atoms with Gasteiger partial charge in [0.2, 0.25) is 5.60 Å². The van der Waals surface area contributed by atoms with E-state index in [4.69, 9.17) is 19.0 Å². The van der Waals surface area contributed by atoms with Gasteiger partial charge in [-0.15, -0.1) is 4.52 Å². The van der Waals surface area contributed by atoms with Crippen molar-refractivity contribution in [3.05, 3.63) is 56.9 Å². The van der Waals surface area contributed by atoms with Gasteiger partial charge >= 0.3 is 43.8 Å². The SMILES string of the molecule is CCc1ccc2nc3c(cc2c1OC)Cn1c-3cc2c(c1=O)COC(=O)[C@@]2(CC)O[P+](=O)[O-].[Na+]. The zero-order valence-electron chi connectivity index (χ0n) is 19.3. The Morgan fingerprint density at radius 2 is 2.03 bits per heavy atom. The fourth-order valence-electron chi connectivity index (χ4n) is 4.86. The third-order valence-electron chi connectivity index (χ3n) is 6.51. The first-order valence-corrected chi connectivity index (χ1v) is 11.7. The second kappa shape index (κ2) is 9.15. The predicted octanol–water partition coefficient (Wildman–Crippen LogP) is -0.303. The molecule has 0 spiro atoms. The maximum Gasteiger partial charge on any atom is 1.00 e. The Morgan fingerprint density at radius 1 is 1.26 bits per heavy atom. The molecule has 0 amide bonds. The molecule has 0 saturated carbocycles. The Balaban J connectivity index is 0.00000274. The number of carbonyl (C=O) groups excluding carboxylic acids is 1. The molecule has 1 aromatic carbocycles. The van der Waals surface area contributed by atoms with Crippen LogP contribution in [0.2, 0.25) is 0 Å². The van der Waals surface area contributed by atoms with Crippen LogP contribution >= 0.6 is 8.25 Å². The van der Waals surface area contributed by atoms with Crippen molar-refractivity contribution in [1.82, 2.24) is 9.55 Å². The summed E-state index contributed by atoms with van der Waals surface area (Å²) < 4.78 is 28.9. The predicted molar refractivity (Wildman–Crippen MR) is 117 cm³/mol. The zero-order valence-corrected chi connectivity index (χ0v) is 22.2. The number of rotatable bonds is 5. The Morgan fingerprint density at radius 3 is 2.68 bits per heavy atom. The number of fused-ring (bicyclic) bond motifs is 5. The molecule has 0 saturated heterocycles. The summed E-state index contributed by atoms with van der Waals surface area (Å²) in [6.07, 6.45) is 0.789. The van der Waals surface area contributed by atoms with E-state index in [9.17, 15) is 19.0 Å². The number of hydrogen-bond donors (Lipinski definition) is 0. The summed E-state index contributed by atoms with van der Waals surface area (Å²) in [4.78, 5) is 42.3. The van der Waals surface area contributed by atoms with E-state index in [2.05, 4.69) is 0 Å². The van der Waals surface area contributed by atoms with Crippen molar-refractivity contribution < 1.29 is 57.8 Å². The molecule has 9 nitrogen and oxygen atoms in total. The number of ether oxygens (including phenoxy) is 2. The van der Waals surface area contributed by atoms with Gasteiger partial charge in [-0.05, 0) is 41.2 Å². The standard InChI is InChI=1S/C23H21N2O7P.Na/c1-4-12-6-7-17-14(20(12)30-3)8-13-10-25-18(19(13)24-17)9-16-15(21(25)26)11-31-22(27)23(16,5-2)32-33(28)29;/h6-9H,4-5,10-11H2,1-3H3;/q;+1/t23-;/m0./s1. The molecule has 170 valence electrons. The number of nitrogens with zero attached hydrogens (tertiary/aromatic N) is 2. The van der Waals surface area contributed by atoms with Gasteiger partial charge in [-0.25, -0.2) is 9.78 Å². The Kier molecular flexibility index (Phi) is 6.72. The van der Waals surface area contributed by atoms with Crippen LogP contribution in [0.5, 0.6) is 5.75 Å². The van der Waals surface area contributed by atoms with E-state index in [1.807, 2.05) is 25.1 Å². The molecule has 0 N–H and O–H groups in total. The average Bonchev–Trinajstić information content (AvgIpc) is 3.16. The van der Waals surface area contributed by atoms with Crippen LogP contribution in [0.1, 0.15) is 42.5 Å². The van der Waals surface area contributed by atoms with E-state index in [0.717, 1.165) is 28.7 Å². The first-order chi connectivity index (χ1) is 15.8. The van der Waals surface area contributed by atoms with E-state index < -0.39 is 19.8 Å². The number of benzene rings is 1. The zero-order chi connectivity index (χ0) is 23.5. The van der Waals surface area contributed by atoms with Gasteiger partial charge < -0.3 is 18.9 Å². The van der Waals surface area contributed by atoms with Gasteiger partial charge in [0.05, 0.1) is 36.1 Å². The molecule has 0 fully saturated rings. The number of methoxy groups -OCH3 is 1. The molecule has 11 heteroatoms. The summed E-state index contributed by atoms with van der Waals surface area (Å²) in [5, 5.41) is 0.856. The van der Waals surface area contributed by atoms with Crippen LogP contribution in [0.3, 0.4) is 0 Å². The van der Waals surface area contributed by atoms with E-state index in [1.54, 1.807) is 24.7 Å². The quantitative estimate of drug-likeness (QED) is 0.212. The van der Waals surface area contributed by atoms with Crippen molar-refractivity contribution in [2.24, 2.45) is 0 Å². The molecule has 0 radical (unpaired) electrons. The molecule has 1 unspecified atom stereocenters. The van der Waals surface area contributed by atoms with E-state index in [0.29, 0.717) is 23.4 Å². The van der Waals surface area contributed by atoms with Crippen LogP contribution < -0.4 is 44.7 Å². The van der Waals surface area contributed by atoms with Crippen LogP contribution in [0.25, 0.3) is 22.3 Å². The van der Waals surface area contributed by atoms with Crippen molar-refractivity contribution in [2.45, 2.75) is 45.4 Å². The van der Waals surface area contributed by atoms with Crippen LogP contribution in [0.15, 0.2) is 29.1 Å². The molecule has 3 aromatic rings. The Hall–Kier alpha value is -2.13. The monoisotopic (exact) mass is 491 g/mol. The number of aryl methyl sites for hydroxylation is 1. The van der Waals surface area contributed by atoms with E-state index in [1.165, 1.54) is 0 Å². The number of carbonyl (C=O) groups is 1. The smallest absolute Gasteiger partial charge is 0.566 e. The van der Waals surface area contributed by atoms with E-state index in [-0.39, 0.29) is 59.3 Å². The number of esters is 1. The number of aromatic nitrogens is 2. The van der Waals surface area contributed by atoms with Crippen molar-refractivity contribution >= 4 is 25.1 Å². The largest absolute Gasteiger partial charge is 1.00 e. The van der Waals surface area contributed by atoms with Crippen molar-refractivity contribution in [3.63, 3.8) is 0 Å². The maximum absolute atomic E-state index is 13.4. The fourth-order valence-corrected chi connectivity index (χ4v) is 5.41. The number of hydrogen-bond acceptors (Lipinski definition) is 8. The molecular formula is C23H21N2NaO7P+. The molecule has 2 atom stereocenters. The third kappa shape index (κ3) is 3.54. The first kappa shape index (κ1) is 25.0. The minimum Gasteiger partial charge on any atom is -0.566 e. The van der Waals surface area contributed by atoms with Crippen molar-refractivity contribution in [1.29, 1.82) is 0 Å². The fraction of sp³-hybridized carbons (Fsp3) is 0.348. The normalized spacial score (nSPS) is 18.5. The summed E-state index contributed by atoms with van der Waals surface area (Å²) in [6.45, 7) is 3.71. The van der Waals surface area contributed by atoms with Crippen LogP contribution in [-0.2, 0) is 43.8 Å². The second-order valence-electron chi connectivity index (χ2n) is 8.06. The minimum absolute atomic E-state index is 0. The number of pyridine rings is 2. The molecule has 34 heavy (non-hydrogen) atoms. The maximum atomic E-state index is 13.4. The molecular weight excluding hydrogens is 470 g/mol. The third-order valence-corrected chi connectivity index (χ3v) is 6.97. The Bertz CT molecular complexity index is 1420. The molecule has 5 rings (SSSR count). The first-order valence-electron chi connectivity index (χ1n) is 10.6. The van der Waals surface area contributed by atoms with Crippen LogP contribution in [-0.4, -0.2) is 22.6 Å². The second-order valence-corrected chi connectivity index (χ2v) is 8.69. The molecule has 2 aliphatic rings. The molecule has 4 heterocycles. The molecule has 0 aliphatic carbocycles. The van der Waals surface area contributed by atoms with Crippen LogP contribution in [0, 0.1) is 0 Å². The molecule has 2 aromatic heterocycles. The van der Waals surface area contributed by atoms with Crippen LogP contribution in [0.4, 0.5) is 0 Å². The summed E-state index contributed by atoms with van der Waals surface area (Å²) >= 11 is 0. The van der Waals surface area contributed by atoms with Gasteiger partial charge in [0.25, 0.3) is 5.56 Å². The van der Waals surface area contributed by atoms with Gasteiger partial charge in [-0.3, -0.25) is 4.79 Å². The Labute approximate surface area is 218 Å². The van der Waals surface area contributed by atoms with Crippen molar-refractivity contribution in [2.75, 3.05) is 7.11 Å².